The Morgan fingerprint density at radius 3 is 2.91 bits per heavy atom. The molecule has 1 aromatic carbocycles. The first-order valence-corrected chi connectivity index (χ1v) is 6.40. The number of nitrogens with one attached hydrogen (secondary N) is 2. The number of hydrogen-bond acceptors (Lipinski definition) is 4. The van der Waals surface area contributed by atoms with Crippen molar-refractivity contribution in [1.82, 2.24) is 5.32 Å². The maximum absolute atomic E-state index is 13.0. The summed E-state index contributed by atoms with van der Waals surface area (Å²) in [5.74, 6) is -1.54. The molecule has 5 nitrogen and oxygen atoms in total. The largest absolute Gasteiger partial charge is 0.432 e. The Balaban J connectivity index is 0.00000242. The van der Waals surface area contributed by atoms with Crippen LogP contribution < -0.4 is 15.4 Å². The number of hydrogen-bond donors (Lipinski definition) is 2. The number of rotatable bonds is 5. The smallest absolute Gasteiger partial charge is 0.387 e. The number of halogens is 4. The van der Waals surface area contributed by atoms with E-state index in [4.69, 9.17) is 4.74 Å². The molecule has 1 heterocycles. The molecule has 1 aromatic rings. The van der Waals surface area contributed by atoms with Crippen LogP contribution in [0.5, 0.6) is 5.75 Å². The molecule has 0 bridgehead atoms. The average Bonchev–Trinajstić information content (AvgIpc) is 2.42. The lowest BCUT2D eigenvalue weighted by atomic mass is 10.2. The van der Waals surface area contributed by atoms with Gasteiger partial charge in [-0.15, -0.1) is 12.4 Å². The lowest BCUT2D eigenvalue weighted by Gasteiger charge is -2.23. The topological polar surface area (TPSA) is 59.6 Å². The molecule has 2 N–H and O–H groups in total. The molecule has 124 valence electrons. The molecule has 0 spiro atoms. The first-order chi connectivity index (χ1) is 10.0. The quantitative estimate of drug-likeness (QED) is 0.862. The predicted octanol–water partition coefficient (Wildman–Crippen LogP) is 2.17. The minimum Gasteiger partial charge on any atom is -0.432 e. The summed E-state index contributed by atoms with van der Waals surface area (Å²) in [7, 11) is 0. The van der Waals surface area contributed by atoms with Gasteiger partial charge in [0.15, 0.2) is 5.75 Å². The summed E-state index contributed by atoms with van der Waals surface area (Å²) in [5.41, 5.74) is -0.00146. The Morgan fingerprint density at radius 2 is 2.27 bits per heavy atom. The van der Waals surface area contributed by atoms with Crippen LogP contribution in [0.15, 0.2) is 18.2 Å². The van der Waals surface area contributed by atoms with Crippen molar-refractivity contribution in [2.75, 3.05) is 25.1 Å². The van der Waals surface area contributed by atoms with Gasteiger partial charge in [0.25, 0.3) is 0 Å². The van der Waals surface area contributed by atoms with E-state index in [9.17, 15) is 18.0 Å². The van der Waals surface area contributed by atoms with Gasteiger partial charge in [0, 0.05) is 25.1 Å². The highest BCUT2D eigenvalue weighted by molar-refractivity contribution is 5.92. The molecule has 1 atom stereocenters. The zero-order chi connectivity index (χ0) is 15.2. The third-order valence-corrected chi connectivity index (χ3v) is 2.86. The van der Waals surface area contributed by atoms with E-state index < -0.39 is 24.1 Å². The monoisotopic (exact) mass is 340 g/mol. The molecule has 1 fully saturated rings. The molecule has 0 aliphatic carbocycles. The maximum atomic E-state index is 13.0. The number of carbonyl (C=O) groups excluding carboxylic acids is 1. The third-order valence-electron chi connectivity index (χ3n) is 2.86. The molecule has 1 unspecified atom stereocenters. The highest BCUT2D eigenvalue weighted by Crippen LogP contribution is 2.27. The summed E-state index contributed by atoms with van der Waals surface area (Å²) in [4.78, 5) is 11.9. The summed E-state index contributed by atoms with van der Waals surface area (Å²) in [6, 6.07) is 2.88. The van der Waals surface area contributed by atoms with E-state index >= 15 is 0 Å². The van der Waals surface area contributed by atoms with Gasteiger partial charge in [0.1, 0.15) is 5.82 Å². The standard InChI is InChI=1S/C13H15F3N2O3.ClH/c14-8-1-2-10(11(5-8)21-13(15)16)18-12(19)6-9-7-20-4-3-17-9;/h1-2,5,9,13,17H,3-4,6-7H2,(H,18,19);1H. The van der Waals surface area contributed by atoms with E-state index in [1.165, 1.54) is 6.07 Å². The number of morpholine rings is 1. The SMILES string of the molecule is Cl.O=C(CC1COCCN1)Nc1ccc(F)cc1OC(F)F. The molecule has 1 saturated heterocycles. The fourth-order valence-corrected chi connectivity index (χ4v) is 1.97. The van der Waals surface area contributed by atoms with Gasteiger partial charge in [-0.3, -0.25) is 4.79 Å². The molecular weight excluding hydrogens is 325 g/mol. The fraction of sp³-hybridized carbons (Fsp3) is 0.462. The number of amides is 1. The van der Waals surface area contributed by atoms with Gasteiger partial charge in [-0.25, -0.2) is 4.39 Å². The number of ether oxygens (including phenoxy) is 2. The molecule has 1 aliphatic heterocycles. The Hall–Kier alpha value is -1.51. The predicted molar refractivity (Wildman–Crippen MR) is 76.1 cm³/mol. The van der Waals surface area contributed by atoms with E-state index in [1.807, 2.05) is 0 Å². The summed E-state index contributed by atoms with van der Waals surface area (Å²) in [6.07, 6.45) is 0.117. The number of anilines is 1. The minimum atomic E-state index is -3.10. The second-order valence-electron chi connectivity index (χ2n) is 4.50. The zero-order valence-electron chi connectivity index (χ0n) is 11.5. The van der Waals surface area contributed by atoms with Crippen LogP contribution in [0.3, 0.4) is 0 Å². The van der Waals surface area contributed by atoms with Crippen molar-refractivity contribution in [3.63, 3.8) is 0 Å². The maximum Gasteiger partial charge on any atom is 0.387 e. The summed E-state index contributed by atoms with van der Waals surface area (Å²) >= 11 is 0. The van der Waals surface area contributed by atoms with Crippen LogP contribution in [0.1, 0.15) is 6.42 Å². The second kappa shape index (κ2) is 8.82. The highest BCUT2D eigenvalue weighted by atomic mass is 35.5. The van der Waals surface area contributed by atoms with Crippen LogP contribution in [0.2, 0.25) is 0 Å². The molecule has 0 radical (unpaired) electrons. The number of alkyl halides is 2. The lowest BCUT2D eigenvalue weighted by molar-refractivity contribution is -0.117. The molecule has 1 aliphatic rings. The molecule has 0 aromatic heterocycles. The second-order valence-corrected chi connectivity index (χ2v) is 4.50. The summed E-state index contributed by atoms with van der Waals surface area (Å²) < 4.78 is 47.0. The van der Waals surface area contributed by atoms with Crippen molar-refractivity contribution in [2.45, 2.75) is 19.1 Å². The average molecular weight is 341 g/mol. The molecule has 22 heavy (non-hydrogen) atoms. The normalized spacial score (nSPS) is 17.7. The fourth-order valence-electron chi connectivity index (χ4n) is 1.97. The molecular formula is C13H16ClF3N2O3. The van der Waals surface area contributed by atoms with Crippen molar-refractivity contribution in [2.24, 2.45) is 0 Å². The lowest BCUT2D eigenvalue weighted by Crippen LogP contribution is -2.43. The van der Waals surface area contributed by atoms with Gasteiger partial charge in [-0.05, 0) is 12.1 Å². The van der Waals surface area contributed by atoms with Crippen LogP contribution in [0.4, 0.5) is 18.9 Å². The van der Waals surface area contributed by atoms with Crippen LogP contribution in [0, 0.1) is 5.82 Å². The molecule has 9 heteroatoms. The number of benzene rings is 1. The Bertz CT molecular complexity index is 499. The minimum absolute atomic E-state index is 0. The van der Waals surface area contributed by atoms with E-state index in [0.29, 0.717) is 19.8 Å². The van der Waals surface area contributed by atoms with E-state index in [-0.39, 0.29) is 30.6 Å². The first-order valence-electron chi connectivity index (χ1n) is 6.40. The molecule has 0 saturated carbocycles. The van der Waals surface area contributed by atoms with Gasteiger partial charge >= 0.3 is 6.61 Å². The van der Waals surface area contributed by atoms with Crippen LogP contribution in [-0.4, -0.2) is 38.3 Å². The van der Waals surface area contributed by atoms with Gasteiger partial charge in [-0.1, -0.05) is 0 Å². The van der Waals surface area contributed by atoms with Gasteiger partial charge in [0.05, 0.1) is 18.9 Å². The van der Waals surface area contributed by atoms with Gasteiger partial charge in [-0.2, -0.15) is 8.78 Å². The van der Waals surface area contributed by atoms with E-state index in [1.54, 1.807) is 0 Å². The highest BCUT2D eigenvalue weighted by Gasteiger charge is 2.18. The van der Waals surface area contributed by atoms with Crippen LogP contribution in [-0.2, 0) is 9.53 Å². The van der Waals surface area contributed by atoms with Crippen LogP contribution in [0.25, 0.3) is 0 Å². The van der Waals surface area contributed by atoms with Crippen molar-refractivity contribution >= 4 is 24.0 Å². The van der Waals surface area contributed by atoms with E-state index in [0.717, 1.165) is 12.1 Å². The first kappa shape index (κ1) is 18.5. The Labute approximate surface area is 131 Å². The zero-order valence-corrected chi connectivity index (χ0v) is 12.3. The van der Waals surface area contributed by atoms with E-state index in [2.05, 4.69) is 15.4 Å². The van der Waals surface area contributed by atoms with Crippen LogP contribution >= 0.6 is 12.4 Å². The Morgan fingerprint density at radius 1 is 1.50 bits per heavy atom. The van der Waals surface area contributed by atoms with Crippen molar-refractivity contribution in [3.8, 4) is 5.75 Å². The van der Waals surface area contributed by atoms with Crippen molar-refractivity contribution in [3.05, 3.63) is 24.0 Å². The van der Waals surface area contributed by atoms with Gasteiger partial charge < -0.3 is 20.1 Å². The van der Waals surface area contributed by atoms with Crippen molar-refractivity contribution < 1.29 is 27.4 Å². The molecule has 2 rings (SSSR count). The summed E-state index contributed by atoms with van der Waals surface area (Å²) in [6.45, 7) is -1.47. The van der Waals surface area contributed by atoms with Crippen molar-refractivity contribution in [1.29, 1.82) is 0 Å². The van der Waals surface area contributed by atoms with Gasteiger partial charge in [0.2, 0.25) is 5.91 Å². The summed E-state index contributed by atoms with van der Waals surface area (Å²) in [5, 5.41) is 5.53. The molecule has 1 amide bonds. The third kappa shape index (κ3) is 5.70. The Kier molecular flexibility index (Phi) is 7.43. The number of carbonyl (C=O) groups is 1.